The van der Waals surface area contributed by atoms with Crippen LogP contribution in [0.25, 0.3) is 33.8 Å². The number of benzene rings is 1. The number of carbonyl (C=O) groups excluding carboxylic acids is 3. The lowest BCUT2D eigenvalue weighted by Gasteiger charge is -2.50. The summed E-state index contributed by atoms with van der Waals surface area (Å²) in [6, 6.07) is 2.02. The number of rotatable bonds is 12. The van der Waals surface area contributed by atoms with E-state index in [0.29, 0.717) is 97.6 Å². The van der Waals surface area contributed by atoms with Crippen molar-refractivity contribution in [2.24, 2.45) is 5.92 Å². The van der Waals surface area contributed by atoms with Gasteiger partial charge in [0.05, 0.1) is 42.0 Å². The van der Waals surface area contributed by atoms with Crippen LogP contribution in [-0.4, -0.2) is 151 Å². The quantitative estimate of drug-likeness (QED) is 0.147. The van der Waals surface area contributed by atoms with Crippen LogP contribution in [0.3, 0.4) is 0 Å². The molecule has 20 nitrogen and oxygen atoms in total. The standard InChI is InChI=1S/C48H60F2N14O6/c1-47(2,3)64-44-37(42(51)55-26-56-44)38(58-64)39-36(41(70-59-39)27-8-9-27)43-53-21-30(22-54-43)69-31-23-62(24-31)46(67)68-25-35(65)60-13-10-28(11-14-60)48(4,5)63-17-15-61(16-18-63)40-32(49)19-29(20-33(40)50)57-34-7-6-12-52-45(34)66/h19-22,26-28,31,34,57H,6-18,23-25H2,1-5H3,(H,52,66)(H2,51,55,56). The molecule has 5 fully saturated rings. The summed E-state index contributed by atoms with van der Waals surface area (Å²) in [5, 5.41) is 15.7. The first kappa shape index (κ1) is 47.0. The Morgan fingerprint density at radius 3 is 2.26 bits per heavy atom. The molecule has 0 radical (unpaired) electrons. The van der Waals surface area contributed by atoms with Gasteiger partial charge in [-0.25, -0.2) is 38.2 Å². The number of piperidine rings is 2. The molecule has 4 aliphatic heterocycles. The van der Waals surface area contributed by atoms with Gasteiger partial charge < -0.3 is 45.1 Å². The van der Waals surface area contributed by atoms with Crippen molar-refractivity contribution in [1.29, 1.82) is 0 Å². The molecule has 1 unspecified atom stereocenters. The Morgan fingerprint density at radius 1 is 0.900 bits per heavy atom. The Bertz CT molecular complexity index is 2750. The number of anilines is 3. The lowest BCUT2D eigenvalue weighted by atomic mass is 9.78. The van der Waals surface area contributed by atoms with E-state index in [4.69, 9.17) is 24.8 Å². The highest BCUT2D eigenvalue weighted by Gasteiger charge is 2.41. The number of halogens is 2. The van der Waals surface area contributed by atoms with Gasteiger partial charge in [0.25, 0.3) is 5.91 Å². The largest absolute Gasteiger partial charge is 0.483 e. The topological polar surface area (TPSA) is 228 Å². The number of nitrogens with one attached hydrogen (secondary N) is 2. The summed E-state index contributed by atoms with van der Waals surface area (Å²) < 4.78 is 50.0. The van der Waals surface area contributed by atoms with Crippen LogP contribution in [0.15, 0.2) is 35.4 Å². The van der Waals surface area contributed by atoms with Crippen LogP contribution < -0.4 is 26.0 Å². The number of nitrogen functional groups attached to an aromatic ring is 1. The zero-order chi connectivity index (χ0) is 49.1. The fourth-order valence-electron chi connectivity index (χ4n) is 10.2. The van der Waals surface area contributed by atoms with Crippen molar-refractivity contribution < 1.29 is 37.2 Å². The first-order valence-electron chi connectivity index (χ1n) is 24.2. The zero-order valence-corrected chi connectivity index (χ0v) is 40.2. The third-order valence-electron chi connectivity index (χ3n) is 14.5. The van der Waals surface area contributed by atoms with E-state index in [9.17, 15) is 14.4 Å². The van der Waals surface area contributed by atoms with Gasteiger partial charge in [-0.15, -0.1) is 0 Å². The van der Waals surface area contributed by atoms with Gasteiger partial charge in [-0.2, -0.15) is 5.10 Å². The average Bonchev–Trinajstić information content (AvgIpc) is 3.94. The number of carbonyl (C=O) groups is 3. The Labute approximate surface area is 403 Å². The molecule has 4 aromatic heterocycles. The molecule has 3 amide bonds. The summed E-state index contributed by atoms with van der Waals surface area (Å²) in [5.74, 6) is 0.500. The maximum absolute atomic E-state index is 15.4. The summed E-state index contributed by atoms with van der Waals surface area (Å²) in [7, 11) is 0. The number of likely N-dealkylation sites (tertiary alicyclic amines) is 2. The van der Waals surface area contributed by atoms with Gasteiger partial charge in [-0.05, 0) is 91.2 Å². The van der Waals surface area contributed by atoms with Crippen molar-refractivity contribution in [1.82, 2.24) is 54.9 Å². The second kappa shape index (κ2) is 18.6. The summed E-state index contributed by atoms with van der Waals surface area (Å²) >= 11 is 0. The van der Waals surface area contributed by atoms with Crippen molar-refractivity contribution in [2.45, 2.75) is 102 Å². The van der Waals surface area contributed by atoms with E-state index in [-0.39, 0.29) is 72.2 Å². The molecule has 8 heterocycles. The van der Waals surface area contributed by atoms with Gasteiger partial charge in [-0.3, -0.25) is 14.5 Å². The molecule has 10 rings (SSSR count). The SMILES string of the molecule is CC(C)(C1CCN(C(=O)COC(=O)N2CC(Oc3cnc(-c4c(-c5nn(C(C)(C)C)c6ncnc(N)c56)noc4C4CC4)nc3)C2)CC1)N1CCN(c2c(F)cc(NC3CCCNC3=O)cc2F)CC1. The lowest BCUT2D eigenvalue weighted by molar-refractivity contribution is -0.137. The van der Waals surface area contributed by atoms with Crippen LogP contribution in [0.4, 0.5) is 30.8 Å². The molecule has 5 aliphatic rings. The van der Waals surface area contributed by atoms with Crippen LogP contribution >= 0.6 is 0 Å². The van der Waals surface area contributed by atoms with E-state index in [0.717, 1.165) is 32.1 Å². The number of hydrogen-bond donors (Lipinski definition) is 3. The van der Waals surface area contributed by atoms with Crippen molar-refractivity contribution in [2.75, 3.05) is 81.5 Å². The van der Waals surface area contributed by atoms with Gasteiger partial charge in [0, 0.05) is 63.0 Å². The van der Waals surface area contributed by atoms with E-state index in [2.05, 4.69) is 54.5 Å². The molecule has 0 spiro atoms. The molecule has 22 heteroatoms. The summed E-state index contributed by atoms with van der Waals surface area (Å²) in [6.45, 7) is 14.5. The van der Waals surface area contributed by atoms with Crippen LogP contribution in [0.5, 0.6) is 5.75 Å². The Balaban J connectivity index is 0.673. The Hall–Kier alpha value is -6.71. The van der Waals surface area contributed by atoms with Crippen molar-refractivity contribution in [3.63, 3.8) is 0 Å². The predicted octanol–water partition coefficient (Wildman–Crippen LogP) is 5.16. The van der Waals surface area contributed by atoms with E-state index in [1.807, 2.05) is 20.8 Å². The van der Waals surface area contributed by atoms with Crippen molar-refractivity contribution >= 4 is 46.1 Å². The first-order chi connectivity index (χ1) is 33.5. The number of fused-ring (bicyclic) bond motifs is 1. The first-order valence-corrected chi connectivity index (χ1v) is 24.2. The van der Waals surface area contributed by atoms with Crippen LogP contribution in [0.2, 0.25) is 0 Å². The minimum atomic E-state index is -0.660. The fraction of sp³-hybridized carbons (Fsp3) is 0.562. The number of amides is 3. The summed E-state index contributed by atoms with van der Waals surface area (Å²) in [6.07, 6.45) is 8.52. The van der Waals surface area contributed by atoms with Crippen molar-refractivity contribution in [3.05, 3.63) is 48.2 Å². The molecular formula is C48H60F2N14O6. The molecule has 4 saturated heterocycles. The zero-order valence-electron chi connectivity index (χ0n) is 40.2. The predicted molar refractivity (Wildman–Crippen MR) is 254 cm³/mol. The molecule has 0 bridgehead atoms. The van der Waals surface area contributed by atoms with Gasteiger partial charge in [-0.1, -0.05) is 5.16 Å². The molecule has 1 saturated carbocycles. The van der Waals surface area contributed by atoms with Gasteiger partial charge in [0.2, 0.25) is 5.91 Å². The van der Waals surface area contributed by atoms with Crippen LogP contribution in [0.1, 0.15) is 84.8 Å². The molecule has 70 heavy (non-hydrogen) atoms. The van der Waals surface area contributed by atoms with Gasteiger partial charge >= 0.3 is 6.09 Å². The maximum atomic E-state index is 15.4. The number of piperazine rings is 1. The number of ether oxygens (including phenoxy) is 2. The van der Waals surface area contributed by atoms with Gasteiger partial charge in [0.1, 0.15) is 41.4 Å². The maximum Gasteiger partial charge on any atom is 0.410 e. The minimum absolute atomic E-state index is 0.0519. The summed E-state index contributed by atoms with van der Waals surface area (Å²) in [5.41, 5.74) is 8.09. The molecule has 1 atom stereocenters. The molecule has 372 valence electrons. The van der Waals surface area contributed by atoms with E-state index < -0.39 is 29.3 Å². The summed E-state index contributed by atoms with van der Waals surface area (Å²) in [4.78, 5) is 63.7. The highest BCUT2D eigenvalue weighted by molar-refractivity contribution is 6.00. The minimum Gasteiger partial charge on any atom is -0.483 e. The molecular weight excluding hydrogens is 907 g/mol. The average molecular weight is 967 g/mol. The number of hydrogen-bond acceptors (Lipinski definition) is 16. The van der Waals surface area contributed by atoms with Crippen molar-refractivity contribution in [3.8, 4) is 28.5 Å². The molecule has 4 N–H and O–H groups in total. The third kappa shape index (κ3) is 9.24. The number of aromatic nitrogens is 7. The normalized spacial score (nSPS) is 19.8. The van der Waals surface area contributed by atoms with Gasteiger partial charge in [0.15, 0.2) is 41.2 Å². The second-order valence-corrected chi connectivity index (χ2v) is 20.6. The second-order valence-electron chi connectivity index (χ2n) is 20.6. The molecule has 1 aromatic carbocycles. The monoisotopic (exact) mass is 966 g/mol. The number of nitrogens with two attached hydrogens (primary N) is 1. The van der Waals surface area contributed by atoms with Crippen LogP contribution in [-0.2, 0) is 19.9 Å². The number of nitrogens with zero attached hydrogens (tertiary/aromatic N) is 11. The fourth-order valence-corrected chi connectivity index (χ4v) is 10.2. The van der Waals surface area contributed by atoms with E-state index in [1.54, 1.807) is 26.9 Å². The molecule has 1 aliphatic carbocycles. The lowest BCUT2D eigenvalue weighted by Crippen LogP contribution is -2.59. The highest BCUT2D eigenvalue weighted by atomic mass is 19.1. The smallest absolute Gasteiger partial charge is 0.410 e. The Kier molecular flexibility index (Phi) is 12.5. The highest BCUT2D eigenvalue weighted by Crippen LogP contribution is 2.48. The van der Waals surface area contributed by atoms with E-state index >= 15 is 8.78 Å². The third-order valence-corrected chi connectivity index (χ3v) is 14.5. The van der Waals surface area contributed by atoms with E-state index in [1.165, 1.54) is 23.4 Å². The molecule has 5 aromatic rings. The Morgan fingerprint density at radius 2 is 1.60 bits per heavy atom. The van der Waals surface area contributed by atoms with Crippen LogP contribution in [0, 0.1) is 17.6 Å².